The number of piperidine rings is 1. The van der Waals surface area contributed by atoms with Crippen molar-refractivity contribution in [2.75, 3.05) is 19.6 Å². The van der Waals surface area contributed by atoms with Gasteiger partial charge in [-0.1, -0.05) is 30.3 Å². The van der Waals surface area contributed by atoms with Crippen molar-refractivity contribution in [2.24, 2.45) is 5.92 Å². The van der Waals surface area contributed by atoms with Gasteiger partial charge < -0.3 is 10.0 Å². The van der Waals surface area contributed by atoms with E-state index in [0.717, 1.165) is 32.4 Å². The van der Waals surface area contributed by atoms with E-state index in [1.807, 2.05) is 0 Å². The molecule has 0 aliphatic carbocycles. The molecule has 1 N–H and O–H groups in total. The Morgan fingerprint density at radius 2 is 2.08 bits per heavy atom. The molecule has 4 heteroatoms. The molecule has 138 valence electrons. The second kappa shape index (κ2) is 8.65. The second-order valence-electron chi connectivity index (χ2n) is 7.13. The van der Waals surface area contributed by atoms with Crippen LogP contribution in [0.5, 0.6) is 0 Å². The topological polar surface area (TPSA) is 40.5 Å². The molecule has 0 unspecified atom stereocenters. The Morgan fingerprint density at radius 1 is 1.27 bits per heavy atom. The van der Waals surface area contributed by atoms with Crippen LogP contribution in [0.15, 0.2) is 41.8 Å². The Hall–Kier alpha value is -1.91. The smallest absolute Gasteiger partial charge is 0.307 e. The summed E-state index contributed by atoms with van der Waals surface area (Å²) in [6.45, 7) is 6.94. The zero-order valence-electron chi connectivity index (χ0n) is 15.6. The zero-order chi connectivity index (χ0) is 18.5. The third-order valence-corrected chi connectivity index (χ3v) is 6.24. The Morgan fingerprint density at radius 3 is 2.77 bits per heavy atom. The zero-order valence-corrected chi connectivity index (χ0v) is 16.4. The summed E-state index contributed by atoms with van der Waals surface area (Å²) in [4.78, 5) is 14.9. The van der Waals surface area contributed by atoms with Crippen LogP contribution in [-0.4, -0.2) is 35.6 Å². The number of rotatable bonds is 6. The predicted molar refractivity (Wildman–Crippen MR) is 109 cm³/mol. The molecule has 3 nitrogen and oxygen atoms in total. The summed E-state index contributed by atoms with van der Waals surface area (Å²) in [5.74, 6) is -0.858. The second-order valence-corrected chi connectivity index (χ2v) is 8.05. The minimum absolute atomic E-state index is 0.205. The fourth-order valence-electron chi connectivity index (χ4n) is 3.70. The third kappa shape index (κ3) is 4.43. The quantitative estimate of drug-likeness (QED) is 0.780. The maximum atomic E-state index is 11.3. The van der Waals surface area contributed by atoms with E-state index in [9.17, 15) is 9.90 Å². The number of thiophene rings is 1. The first-order valence-corrected chi connectivity index (χ1v) is 10.2. The molecule has 0 spiro atoms. The maximum Gasteiger partial charge on any atom is 0.307 e. The molecule has 2 heterocycles. The van der Waals surface area contributed by atoms with E-state index < -0.39 is 5.97 Å². The molecule has 1 aromatic heterocycles. The number of carboxylic acids is 1. The number of likely N-dealkylation sites (tertiary alicyclic amines) is 1. The lowest BCUT2D eigenvalue weighted by Gasteiger charge is -2.30. The molecule has 2 aromatic rings. The van der Waals surface area contributed by atoms with Crippen LogP contribution in [-0.2, 0) is 4.79 Å². The van der Waals surface area contributed by atoms with Gasteiger partial charge in [-0.15, -0.1) is 11.3 Å². The number of hydrogen-bond donors (Lipinski definition) is 1. The van der Waals surface area contributed by atoms with Gasteiger partial charge in [0.15, 0.2) is 0 Å². The molecule has 0 bridgehead atoms. The van der Waals surface area contributed by atoms with Crippen molar-refractivity contribution in [3.05, 3.63) is 63.4 Å². The summed E-state index contributed by atoms with van der Waals surface area (Å²) in [5, 5.41) is 11.4. The monoisotopic (exact) mass is 369 g/mol. The number of carboxylic acid groups (broad SMARTS) is 1. The van der Waals surface area contributed by atoms with Crippen molar-refractivity contribution in [3.8, 4) is 0 Å². The first-order valence-electron chi connectivity index (χ1n) is 9.32. The van der Waals surface area contributed by atoms with E-state index in [1.165, 1.54) is 27.1 Å². The first-order chi connectivity index (χ1) is 12.6. The Bertz CT molecular complexity index is 793. The SMILES string of the molecule is Cc1ccccc1C(=CCCN1CCC[C@@H](C(=O)O)C1)c1sccc1C. The highest BCUT2D eigenvalue weighted by atomic mass is 32.1. The molecule has 0 amide bonds. The van der Waals surface area contributed by atoms with Crippen molar-refractivity contribution in [1.29, 1.82) is 0 Å². The number of aliphatic carboxylic acids is 1. The Kier molecular flexibility index (Phi) is 6.28. The van der Waals surface area contributed by atoms with Crippen LogP contribution in [0.25, 0.3) is 5.57 Å². The highest BCUT2D eigenvalue weighted by Crippen LogP contribution is 2.32. The van der Waals surface area contributed by atoms with E-state index >= 15 is 0 Å². The summed E-state index contributed by atoms with van der Waals surface area (Å²) in [6, 6.07) is 10.7. The van der Waals surface area contributed by atoms with Crippen molar-refractivity contribution >= 4 is 22.9 Å². The van der Waals surface area contributed by atoms with Gasteiger partial charge in [-0.3, -0.25) is 4.79 Å². The van der Waals surface area contributed by atoms with Crippen LogP contribution in [0, 0.1) is 19.8 Å². The molecular weight excluding hydrogens is 342 g/mol. The van der Waals surface area contributed by atoms with Crippen LogP contribution >= 0.6 is 11.3 Å². The van der Waals surface area contributed by atoms with Gasteiger partial charge in [-0.05, 0) is 73.4 Å². The lowest BCUT2D eigenvalue weighted by Crippen LogP contribution is -2.39. The van der Waals surface area contributed by atoms with Gasteiger partial charge in [0, 0.05) is 18.0 Å². The average Bonchev–Trinajstić information content (AvgIpc) is 3.06. The van der Waals surface area contributed by atoms with Crippen LogP contribution in [0.1, 0.15) is 40.8 Å². The number of carbonyl (C=O) groups is 1. The van der Waals surface area contributed by atoms with E-state index in [0.29, 0.717) is 6.54 Å². The average molecular weight is 370 g/mol. The summed E-state index contributed by atoms with van der Waals surface area (Å²) < 4.78 is 0. The van der Waals surface area contributed by atoms with Crippen molar-refractivity contribution in [1.82, 2.24) is 4.90 Å². The van der Waals surface area contributed by atoms with Crippen LogP contribution in [0.3, 0.4) is 0 Å². The highest BCUT2D eigenvalue weighted by Gasteiger charge is 2.24. The molecule has 1 fully saturated rings. The molecular formula is C22H27NO2S. The van der Waals surface area contributed by atoms with Crippen LogP contribution in [0.2, 0.25) is 0 Å². The van der Waals surface area contributed by atoms with Crippen LogP contribution < -0.4 is 0 Å². The minimum atomic E-state index is -0.653. The molecule has 0 saturated carbocycles. The Balaban J connectivity index is 1.77. The van der Waals surface area contributed by atoms with Gasteiger partial charge in [0.25, 0.3) is 0 Å². The maximum absolute atomic E-state index is 11.3. The summed E-state index contributed by atoms with van der Waals surface area (Å²) in [6.07, 6.45) is 5.07. The molecule has 1 atom stereocenters. The summed E-state index contributed by atoms with van der Waals surface area (Å²) in [5.41, 5.74) is 5.20. The molecule has 26 heavy (non-hydrogen) atoms. The van der Waals surface area contributed by atoms with E-state index in [-0.39, 0.29) is 5.92 Å². The number of benzene rings is 1. The lowest BCUT2D eigenvalue weighted by molar-refractivity contribution is -0.143. The lowest BCUT2D eigenvalue weighted by atomic mass is 9.96. The van der Waals surface area contributed by atoms with Crippen molar-refractivity contribution in [2.45, 2.75) is 33.1 Å². The van der Waals surface area contributed by atoms with E-state index in [2.05, 4.69) is 60.5 Å². The number of aryl methyl sites for hydroxylation is 2. The van der Waals surface area contributed by atoms with E-state index in [1.54, 1.807) is 11.3 Å². The van der Waals surface area contributed by atoms with Gasteiger partial charge in [0.05, 0.1) is 5.92 Å². The molecule has 3 rings (SSSR count). The normalized spacial score (nSPS) is 18.8. The van der Waals surface area contributed by atoms with Gasteiger partial charge in [-0.2, -0.15) is 0 Å². The standard InChI is InChI=1S/C22H27NO2S/c1-16-7-3-4-9-19(16)20(21-17(2)11-14-26-21)10-6-13-23-12-5-8-18(15-23)22(24)25/h3-4,7,9-11,14,18H,5-6,8,12-13,15H2,1-2H3,(H,24,25)/t18-/m1/s1. The first kappa shape index (κ1) is 18.9. The number of nitrogens with zero attached hydrogens (tertiary/aromatic N) is 1. The molecule has 1 aliphatic rings. The molecule has 1 aromatic carbocycles. The third-order valence-electron chi connectivity index (χ3n) is 5.19. The van der Waals surface area contributed by atoms with Gasteiger partial charge in [-0.25, -0.2) is 0 Å². The van der Waals surface area contributed by atoms with Crippen molar-refractivity contribution in [3.63, 3.8) is 0 Å². The van der Waals surface area contributed by atoms with Crippen molar-refractivity contribution < 1.29 is 9.90 Å². The highest BCUT2D eigenvalue weighted by molar-refractivity contribution is 7.11. The fourth-order valence-corrected chi connectivity index (χ4v) is 4.68. The summed E-state index contributed by atoms with van der Waals surface area (Å²) >= 11 is 1.79. The van der Waals surface area contributed by atoms with Gasteiger partial charge >= 0.3 is 5.97 Å². The molecule has 1 saturated heterocycles. The Labute approximate surface area is 160 Å². The molecule has 0 radical (unpaired) electrons. The number of hydrogen-bond acceptors (Lipinski definition) is 3. The van der Waals surface area contributed by atoms with Gasteiger partial charge in [0.2, 0.25) is 0 Å². The van der Waals surface area contributed by atoms with Crippen LogP contribution in [0.4, 0.5) is 0 Å². The fraction of sp³-hybridized carbons (Fsp3) is 0.409. The summed E-state index contributed by atoms with van der Waals surface area (Å²) in [7, 11) is 0. The minimum Gasteiger partial charge on any atom is -0.481 e. The van der Waals surface area contributed by atoms with E-state index in [4.69, 9.17) is 0 Å². The largest absolute Gasteiger partial charge is 0.481 e. The predicted octanol–water partition coefficient (Wildman–Crippen LogP) is 4.98. The molecule has 1 aliphatic heterocycles. The van der Waals surface area contributed by atoms with Gasteiger partial charge in [0.1, 0.15) is 0 Å².